The lowest BCUT2D eigenvalue weighted by Gasteiger charge is -2.26. The number of hydrogen-bond donors (Lipinski definition) is 2. The number of nitrogens with one attached hydrogen (secondary N) is 2. The molecular formula is C26H31N7O3S. The van der Waals surface area contributed by atoms with Crippen LogP contribution in [0.4, 0.5) is 21.4 Å². The van der Waals surface area contributed by atoms with Crippen LogP contribution >= 0.6 is 11.3 Å². The van der Waals surface area contributed by atoms with E-state index in [1.54, 1.807) is 12.5 Å². The van der Waals surface area contributed by atoms with Gasteiger partial charge in [-0.1, -0.05) is 29.5 Å². The minimum atomic E-state index is -0.459. The average Bonchev–Trinajstić information content (AvgIpc) is 3.27. The van der Waals surface area contributed by atoms with Gasteiger partial charge in [0.2, 0.25) is 0 Å². The molecule has 0 atom stereocenters. The molecule has 0 saturated carbocycles. The first-order chi connectivity index (χ1) is 17.8. The number of thiazole rings is 1. The molecule has 4 heterocycles. The number of ether oxygens (including phenoxy) is 2. The molecule has 1 saturated heterocycles. The quantitative estimate of drug-likeness (QED) is 0.370. The highest BCUT2D eigenvalue weighted by atomic mass is 32.1. The molecule has 1 aliphatic rings. The number of para-hydroxylation sites is 1. The van der Waals surface area contributed by atoms with Crippen LogP contribution in [0.2, 0.25) is 0 Å². The minimum Gasteiger partial charge on any atom is -0.444 e. The fourth-order valence-corrected chi connectivity index (χ4v) is 4.23. The molecule has 11 heteroatoms. The van der Waals surface area contributed by atoms with E-state index in [1.807, 2.05) is 69.3 Å². The summed E-state index contributed by atoms with van der Waals surface area (Å²) in [5.74, 6) is 0.752. The average molecular weight is 522 g/mol. The third-order valence-electron chi connectivity index (χ3n) is 5.03. The first kappa shape index (κ1) is 26.4. The Morgan fingerprint density at radius 1 is 1.08 bits per heavy atom. The largest absolute Gasteiger partial charge is 0.444 e. The van der Waals surface area contributed by atoms with Crippen molar-refractivity contribution in [2.75, 3.05) is 36.9 Å². The van der Waals surface area contributed by atoms with Crippen molar-refractivity contribution >= 4 is 44.4 Å². The zero-order valence-corrected chi connectivity index (χ0v) is 22.0. The van der Waals surface area contributed by atoms with Gasteiger partial charge < -0.3 is 14.8 Å². The molecule has 4 aromatic rings. The van der Waals surface area contributed by atoms with Gasteiger partial charge in [0.15, 0.2) is 5.13 Å². The van der Waals surface area contributed by atoms with Gasteiger partial charge in [-0.2, -0.15) is 0 Å². The number of pyridine rings is 1. The van der Waals surface area contributed by atoms with Crippen LogP contribution in [-0.4, -0.2) is 62.8 Å². The van der Waals surface area contributed by atoms with Gasteiger partial charge in [-0.3, -0.25) is 10.2 Å². The van der Waals surface area contributed by atoms with Gasteiger partial charge in [0.25, 0.3) is 0 Å². The number of carbonyl (C=O) groups is 1. The molecule has 0 spiro atoms. The number of rotatable bonds is 5. The second kappa shape index (κ2) is 12.5. The van der Waals surface area contributed by atoms with E-state index in [0.717, 1.165) is 65.5 Å². The summed E-state index contributed by atoms with van der Waals surface area (Å²) in [5.41, 5.74) is 2.16. The molecular weight excluding hydrogens is 490 g/mol. The SMILES string of the molecule is CC(C)(C)OC(=O)Nc1ccccc1.c1cnc2sc(Nc3cc(CN4CCOCC4)ncn3)nc2c1. The van der Waals surface area contributed by atoms with Crippen molar-refractivity contribution in [1.29, 1.82) is 0 Å². The van der Waals surface area contributed by atoms with E-state index in [4.69, 9.17) is 9.47 Å². The summed E-state index contributed by atoms with van der Waals surface area (Å²) in [4.78, 5) is 32.0. The summed E-state index contributed by atoms with van der Waals surface area (Å²) in [7, 11) is 0. The molecule has 1 fully saturated rings. The topological polar surface area (TPSA) is 114 Å². The summed E-state index contributed by atoms with van der Waals surface area (Å²) in [6, 6.07) is 15.0. The Morgan fingerprint density at radius 2 is 1.86 bits per heavy atom. The lowest BCUT2D eigenvalue weighted by Crippen LogP contribution is -2.35. The van der Waals surface area contributed by atoms with Crippen molar-refractivity contribution in [2.24, 2.45) is 0 Å². The van der Waals surface area contributed by atoms with Crippen LogP contribution in [0.15, 0.2) is 61.1 Å². The Bertz CT molecular complexity index is 1260. The summed E-state index contributed by atoms with van der Waals surface area (Å²) in [6.07, 6.45) is 2.93. The van der Waals surface area contributed by atoms with Crippen LogP contribution in [-0.2, 0) is 16.0 Å². The molecule has 2 N–H and O–H groups in total. The number of aromatic nitrogens is 4. The van der Waals surface area contributed by atoms with Crippen LogP contribution < -0.4 is 10.6 Å². The van der Waals surface area contributed by atoms with Gasteiger partial charge >= 0.3 is 6.09 Å². The number of carbonyl (C=O) groups excluding carboxylic acids is 1. The molecule has 194 valence electrons. The molecule has 0 aliphatic carbocycles. The van der Waals surface area contributed by atoms with E-state index in [-0.39, 0.29) is 0 Å². The second-order valence-corrected chi connectivity index (χ2v) is 10.2. The number of nitrogens with zero attached hydrogens (tertiary/aromatic N) is 5. The zero-order valence-electron chi connectivity index (χ0n) is 21.2. The predicted molar refractivity (Wildman–Crippen MR) is 145 cm³/mol. The van der Waals surface area contributed by atoms with E-state index < -0.39 is 11.7 Å². The van der Waals surface area contributed by atoms with Gasteiger partial charge in [-0.05, 0) is 45.0 Å². The second-order valence-electron chi connectivity index (χ2n) is 9.25. The van der Waals surface area contributed by atoms with Crippen LogP contribution in [0.3, 0.4) is 0 Å². The number of amides is 1. The number of hydrogen-bond acceptors (Lipinski definition) is 10. The summed E-state index contributed by atoms with van der Waals surface area (Å²) in [6.45, 7) is 9.76. The van der Waals surface area contributed by atoms with Gasteiger partial charge in [0, 0.05) is 37.6 Å². The molecule has 5 rings (SSSR count). The van der Waals surface area contributed by atoms with Crippen molar-refractivity contribution in [3.8, 4) is 0 Å². The lowest BCUT2D eigenvalue weighted by molar-refractivity contribution is 0.0336. The Kier molecular flexibility index (Phi) is 8.94. The van der Waals surface area contributed by atoms with E-state index in [2.05, 4.69) is 35.5 Å². The molecule has 0 radical (unpaired) electrons. The minimum absolute atomic E-state index is 0.427. The first-order valence-corrected chi connectivity index (χ1v) is 12.8. The molecule has 0 bridgehead atoms. The maximum atomic E-state index is 11.3. The molecule has 0 unspecified atom stereocenters. The molecule has 10 nitrogen and oxygen atoms in total. The molecule has 1 amide bonds. The highest BCUT2D eigenvalue weighted by Gasteiger charge is 2.16. The van der Waals surface area contributed by atoms with Crippen molar-refractivity contribution in [2.45, 2.75) is 32.9 Å². The van der Waals surface area contributed by atoms with Crippen molar-refractivity contribution < 1.29 is 14.3 Å². The fourth-order valence-electron chi connectivity index (χ4n) is 3.42. The smallest absolute Gasteiger partial charge is 0.412 e. The van der Waals surface area contributed by atoms with Crippen LogP contribution in [0.5, 0.6) is 0 Å². The van der Waals surface area contributed by atoms with Crippen LogP contribution in [0, 0.1) is 0 Å². The Hall–Kier alpha value is -3.67. The monoisotopic (exact) mass is 521 g/mol. The first-order valence-electron chi connectivity index (χ1n) is 12.0. The Labute approximate surface area is 220 Å². The highest BCUT2D eigenvalue weighted by Crippen LogP contribution is 2.26. The highest BCUT2D eigenvalue weighted by molar-refractivity contribution is 7.21. The van der Waals surface area contributed by atoms with Crippen molar-refractivity contribution in [3.05, 3.63) is 66.7 Å². The maximum Gasteiger partial charge on any atom is 0.412 e. The lowest BCUT2D eigenvalue weighted by atomic mass is 10.2. The molecule has 3 aromatic heterocycles. The van der Waals surface area contributed by atoms with Crippen molar-refractivity contribution in [3.63, 3.8) is 0 Å². The summed E-state index contributed by atoms with van der Waals surface area (Å²) in [5, 5.41) is 6.67. The summed E-state index contributed by atoms with van der Waals surface area (Å²) >= 11 is 1.51. The van der Waals surface area contributed by atoms with E-state index >= 15 is 0 Å². The number of fused-ring (bicyclic) bond motifs is 1. The maximum absolute atomic E-state index is 11.3. The molecule has 1 aliphatic heterocycles. The fraction of sp³-hybridized carbons (Fsp3) is 0.346. The zero-order chi connectivity index (χ0) is 26.1. The Morgan fingerprint density at radius 3 is 2.59 bits per heavy atom. The predicted octanol–water partition coefficient (Wildman–Crippen LogP) is 5.09. The van der Waals surface area contributed by atoms with Crippen LogP contribution in [0.25, 0.3) is 10.3 Å². The van der Waals surface area contributed by atoms with E-state index in [0.29, 0.717) is 0 Å². The third kappa shape index (κ3) is 8.74. The molecule has 37 heavy (non-hydrogen) atoms. The summed E-state index contributed by atoms with van der Waals surface area (Å²) < 4.78 is 10.5. The van der Waals surface area contributed by atoms with Gasteiger partial charge in [0.1, 0.15) is 28.1 Å². The third-order valence-corrected chi connectivity index (χ3v) is 5.93. The van der Waals surface area contributed by atoms with E-state index in [9.17, 15) is 4.79 Å². The van der Waals surface area contributed by atoms with Crippen LogP contribution in [0.1, 0.15) is 26.5 Å². The standard InChI is InChI=1S/C15H16N6OS.C11H15NO2/c1-2-12-14(16-3-1)23-15(19-12)20-13-8-11(17-10-18-13)9-21-4-6-22-7-5-21;1-11(2,3)14-10(13)12-9-7-5-4-6-8-9/h1-3,8,10H,4-7,9H2,(H,17,18,19,20);4-8H,1-3H3,(H,12,13). The molecule has 1 aromatic carbocycles. The van der Waals surface area contributed by atoms with Gasteiger partial charge in [0.05, 0.1) is 18.9 Å². The van der Waals surface area contributed by atoms with E-state index in [1.165, 1.54) is 11.3 Å². The number of anilines is 3. The van der Waals surface area contributed by atoms with Gasteiger partial charge in [-0.25, -0.2) is 24.7 Å². The normalized spacial score (nSPS) is 13.9. The van der Waals surface area contributed by atoms with Crippen molar-refractivity contribution in [1.82, 2.24) is 24.8 Å². The number of benzene rings is 1. The number of morpholine rings is 1. The Balaban J connectivity index is 0.000000197. The van der Waals surface area contributed by atoms with Gasteiger partial charge in [-0.15, -0.1) is 0 Å².